The molecule has 0 heterocycles. The van der Waals surface area contributed by atoms with Gasteiger partial charge in [-0.15, -0.1) is 0 Å². The van der Waals surface area contributed by atoms with Crippen LogP contribution in [0.3, 0.4) is 0 Å². The van der Waals surface area contributed by atoms with Crippen LogP contribution >= 0.6 is 0 Å². The Labute approximate surface area is 57.2 Å². The molecule has 0 spiro atoms. The molecule has 7 heavy (non-hydrogen) atoms. The van der Waals surface area contributed by atoms with Gasteiger partial charge < -0.3 is 6.42 Å². The van der Waals surface area contributed by atoms with Gasteiger partial charge in [0.15, 0.2) is 0 Å². The van der Waals surface area contributed by atoms with Crippen molar-refractivity contribution in [1.29, 1.82) is 0 Å². The quantitative estimate of drug-likeness (QED) is 0.321. The van der Waals surface area contributed by atoms with Gasteiger partial charge in [-0.1, -0.05) is 20.3 Å². The van der Waals surface area contributed by atoms with E-state index < -0.39 is 0 Å². The summed E-state index contributed by atoms with van der Waals surface area (Å²) in [6.45, 7) is 4.38. The molecule has 46 valence electrons. The van der Waals surface area contributed by atoms with Gasteiger partial charge in [0, 0.05) is 17.1 Å². The van der Waals surface area contributed by atoms with Crippen molar-refractivity contribution in [2.24, 2.45) is 0 Å². The molecular weight excluding hydrogens is 128 g/mol. The minimum Gasteiger partial charge on any atom is -0.329 e. The molecule has 0 fully saturated rings. The molecule has 0 aliphatic heterocycles. The van der Waals surface area contributed by atoms with E-state index in [0.29, 0.717) is 0 Å². The average Bonchev–Trinajstić information content (AvgIpc) is 1.61. The molecule has 0 saturated carbocycles. The van der Waals surface area contributed by atoms with Crippen LogP contribution in [0, 0.1) is 6.42 Å². The predicted molar refractivity (Wildman–Crippen MR) is 29.5 cm³/mol. The fraction of sp³-hybridized carbons (Fsp3) is 0.833. The number of hydrogen-bond donors (Lipinski definition) is 0. The summed E-state index contributed by atoms with van der Waals surface area (Å²) in [6.07, 6.45) is 6.12. The molecule has 0 amide bonds. The number of unbranched alkanes of at least 4 members (excludes halogenated alkanes) is 3. The normalized spacial score (nSPS) is 7.71. The summed E-state index contributed by atoms with van der Waals surface area (Å²) in [5, 5.41) is 0. The third-order valence-corrected chi connectivity index (χ3v) is 0.781. The van der Waals surface area contributed by atoms with Crippen LogP contribution in [0.1, 0.15) is 33.1 Å². The largest absolute Gasteiger partial charge is 0.329 e. The van der Waals surface area contributed by atoms with E-state index in [0.717, 1.165) is 0 Å². The molecule has 0 radical (unpaired) electrons. The molecule has 0 saturated heterocycles. The fourth-order valence-electron chi connectivity index (χ4n) is 0.408. The van der Waals surface area contributed by atoms with Gasteiger partial charge in [-0.25, -0.2) is 0 Å². The molecule has 0 aliphatic carbocycles. The van der Waals surface area contributed by atoms with Gasteiger partial charge in [0.05, 0.1) is 0 Å². The molecule has 0 aliphatic rings. The van der Waals surface area contributed by atoms with Crippen LogP contribution in [0.5, 0.6) is 0 Å². The second-order valence-corrected chi connectivity index (χ2v) is 1.49. The molecule has 0 aromatic carbocycles. The van der Waals surface area contributed by atoms with Crippen molar-refractivity contribution >= 4 is 0 Å². The Bertz CT molecular complexity index is 16.1. The molecule has 0 bridgehead atoms. The maximum absolute atomic E-state index is 2.31. The molecule has 0 rings (SSSR count). The zero-order valence-electron chi connectivity index (χ0n) is 5.05. The summed E-state index contributed by atoms with van der Waals surface area (Å²) < 4.78 is 0. The summed E-state index contributed by atoms with van der Waals surface area (Å²) in [7, 11) is 0. The minimum atomic E-state index is 0. The summed E-state index contributed by atoms with van der Waals surface area (Å²) >= 11 is 0. The summed E-state index contributed by atoms with van der Waals surface area (Å²) in [4.78, 5) is 0. The third kappa shape index (κ3) is 10.8. The Balaban J connectivity index is 0. The number of rotatable bonds is 3. The topological polar surface area (TPSA) is 0 Å². The molecule has 0 aromatic rings. The monoisotopic (exact) mass is 141 g/mol. The SMILES string of the molecule is CC[CH-]CCC.[Fe]. The fourth-order valence-corrected chi connectivity index (χ4v) is 0.408. The number of hydrogen-bond acceptors (Lipinski definition) is 0. The second kappa shape index (κ2) is 9.72. The average molecular weight is 141 g/mol. The first kappa shape index (κ1) is 10.5. The first-order chi connectivity index (χ1) is 2.91. The molecule has 0 N–H and O–H groups in total. The zero-order chi connectivity index (χ0) is 4.83. The Kier molecular flexibility index (Phi) is 14.6. The molecular formula is C6H13Fe-. The van der Waals surface area contributed by atoms with Crippen molar-refractivity contribution in [3.05, 3.63) is 6.42 Å². The van der Waals surface area contributed by atoms with Crippen molar-refractivity contribution in [3.63, 3.8) is 0 Å². The summed E-state index contributed by atoms with van der Waals surface area (Å²) in [5.41, 5.74) is 0. The van der Waals surface area contributed by atoms with Crippen molar-refractivity contribution < 1.29 is 17.1 Å². The first-order valence-electron chi connectivity index (χ1n) is 2.73. The maximum Gasteiger partial charge on any atom is 0 e. The van der Waals surface area contributed by atoms with Gasteiger partial charge in [-0.05, 0) is 0 Å². The summed E-state index contributed by atoms with van der Waals surface area (Å²) in [5.74, 6) is 0. The second-order valence-electron chi connectivity index (χ2n) is 1.49. The zero-order valence-corrected chi connectivity index (χ0v) is 6.16. The van der Waals surface area contributed by atoms with E-state index in [1.54, 1.807) is 0 Å². The van der Waals surface area contributed by atoms with Crippen LogP contribution in [-0.2, 0) is 17.1 Å². The Morgan fingerprint density at radius 3 is 2.00 bits per heavy atom. The van der Waals surface area contributed by atoms with E-state index in [-0.39, 0.29) is 17.1 Å². The van der Waals surface area contributed by atoms with Gasteiger partial charge in [0.25, 0.3) is 0 Å². The summed E-state index contributed by atoms with van der Waals surface area (Å²) in [6, 6.07) is 0. The standard InChI is InChI=1S/C6H13.Fe/c1-3-5-6-4-2;/h5H,3-4,6H2,1-2H3;/q-1;. The van der Waals surface area contributed by atoms with Crippen LogP contribution in [0.2, 0.25) is 0 Å². The van der Waals surface area contributed by atoms with Gasteiger partial charge in [0.1, 0.15) is 0 Å². The van der Waals surface area contributed by atoms with Crippen molar-refractivity contribution in [1.82, 2.24) is 0 Å². The van der Waals surface area contributed by atoms with E-state index in [2.05, 4.69) is 20.3 Å². The van der Waals surface area contributed by atoms with Crippen LogP contribution < -0.4 is 0 Å². The van der Waals surface area contributed by atoms with E-state index in [4.69, 9.17) is 0 Å². The van der Waals surface area contributed by atoms with Gasteiger partial charge in [0.2, 0.25) is 0 Å². The van der Waals surface area contributed by atoms with Crippen LogP contribution in [0.15, 0.2) is 0 Å². The molecule has 0 unspecified atom stereocenters. The van der Waals surface area contributed by atoms with Crippen LogP contribution in [-0.4, -0.2) is 0 Å². The van der Waals surface area contributed by atoms with Crippen molar-refractivity contribution in [2.45, 2.75) is 33.1 Å². The molecule has 0 nitrogen and oxygen atoms in total. The van der Waals surface area contributed by atoms with Crippen LogP contribution in [0.4, 0.5) is 0 Å². The smallest absolute Gasteiger partial charge is 0 e. The third-order valence-electron chi connectivity index (χ3n) is 0.781. The van der Waals surface area contributed by atoms with Crippen LogP contribution in [0.25, 0.3) is 0 Å². The maximum atomic E-state index is 2.31. The van der Waals surface area contributed by atoms with Crippen molar-refractivity contribution in [3.8, 4) is 0 Å². The van der Waals surface area contributed by atoms with Gasteiger partial charge in [-0.2, -0.15) is 12.8 Å². The Morgan fingerprint density at radius 1 is 1.29 bits per heavy atom. The van der Waals surface area contributed by atoms with Gasteiger partial charge in [-0.3, -0.25) is 0 Å². The predicted octanol–water partition coefficient (Wildman–Crippen LogP) is 2.40. The molecule has 0 atom stereocenters. The molecule has 1 heteroatoms. The Hall–Kier alpha value is 0.519. The molecule has 0 aromatic heterocycles. The van der Waals surface area contributed by atoms with Gasteiger partial charge >= 0.3 is 0 Å². The van der Waals surface area contributed by atoms with E-state index >= 15 is 0 Å². The van der Waals surface area contributed by atoms with E-state index in [1.165, 1.54) is 19.3 Å². The Morgan fingerprint density at radius 2 is 1.86 bits per heavy atom. The minimum absolute atomic E-state index is 0. The van der Waals surface area contributed by atoms with E-state index in [1.807, 2.05) is 0 Å². The first-order valence-corrected chi connectivity index (χ1v) is 2.73. The van der Waals surface area contributed by atoms with Crippen molar-refractivity contribution in [2.75, 3.05) is 0 Å². The van der Waals surface area contributed by atoms with E-state index in [9.17, 15) is 0 Å².